The summed E-state index contributed by atoms with van der Waals surface area (Å²) in [4.78, 5) is 19.9. The van der Waals surface area contributed by atoms with Crippen LogP contribution < -0.4 is 5.56 Å². The molecule has 0 bridgehead atoms. The van der Waals surface area contributed by atoms with Gasteiger partial charge in [0, 0.05) is 22.8 Å². The summed E-state index contributed by atoms with van der Waals surface area (Å²) in [6, 6.07) is 8.90. The molecule has 5 nitrogen and oxygen atoms in total. The van der Waals surface area contributed by atoms with Crippen LogP contribution in [0, 0.1) is 4.77 Å². The quantitative estimate of drug-likeness (QED) is 0.561. The molecule has 4 aromatic rings. The van der Waals surface area contributed by atoms with E-state index in [1.54, 1.807) is 30.6 Å². The lowest BCUT2D eigenvalue weighted by Crippen LogP contribution is -2.22. The van der Waals surface area contributed by atoms with Crippen molar-refractivity contribution in [3.05, 3.63) is 68.4 Å². The number of fused-ring (bicyclic) bond motifs is 3. The first-order chi connectivity index (χ1) is 11.1. The van der Waals surface area contributed by atoms with Gasteiger partial charge >= 0.3 is 0 Å². The molecule has 0 amide bonds. The van der Waals surface area contributed by atoms with E-state index in [2.05, 4.69) is 9.97 Å². The molecule has 1 aromatic carbocycles. The second kappa shape index (κ2) is 5.33. The highest BCUT2D eigenvalue weighted by Crippen LogP contribution is 2.27. The lowest BCUT2D eigenvalue weighted by atomic mass is 10.2. The molecule has 0 aliphatic carbocycles. The topological polar surface area (TPSA) is 63.8 Å². The highest BCUT2D eigenvalue weighted by atomic mass is 35.5. The predicted octanol–water partition coefficient (Wildman–Crippen LogP) is 3.90. The van der Waals surface area contributed by atoms with Crippen LogP contribution >= 0.6 is 23.8 Å². The van der Waals surface area contributed by atoms with Crippen LogP contribution in [0.25, 0.3) is 22.1 Å². The maximum atomic E-state index is 12.7. The van der Waals surface area contributed by atoms with Gasteiger partial charge in [0.1, 0.15) is 11.1 Å². The van der Waals surface area contributed by atoms with Gasteiger partial charge < -0.3 is 9.40 Å². The van der Waals surface area contributed by atoms with Gasteiger partial charge in [-0.25, -0.2) is 0 Å². The number of benzene rings is 1. The van der Waals surface area contributed by atoms with E-state index in [0.717, 1.165) is 10.9 Å². The van der Waals surface area contributed by atoms with E-state index < -0.39 is 0 Å². The van der Waals surface area contributed by atoms with E-state index in [-0.39, 0.29) is 11.1 Å². The first-order valence-corrected chi connectivity index (χ1v) is 7.66. The van der Waals surface area contributed by atoms with Crippen molar-refractivity contribution < 1.29 is 4.42 Å². The highest BCUT2D eigenvalue weighted by molar-refractivity contribution is 7.71. The third-order valence-corrected chi connectivity index (χ3v) is 4.19. The van der Waals surface area contributed by atoms with E-state index in [9.17, 15) is 4.79 Å². The third kappa shape index (κ3) is 2.36. The van der Waals surface area contributed by atoms with Crippen molar-refractivity contribution in [2.75, 3.05) is 0 Å². The van der Waals surface area contributed by atoms with Crippen molar-refractivity contribution in [2.45, 2.75) is 6.54 Å². The molecule has 1 N–H and O–H groups in total. The third-order valence-electron chi connectivity index (χ3n) is 3.63. The zero-order chi connectivity index (χ0) is 16.0. The number of halogens is 1. The first kappa shape index (κ1) is 14.2. The Kier molecular flexibility index (Phi) is 3.28. The van der Waals surface area contributed by atoms with Gasteiger partial charge in [-0.05, 0) is 42.0 Å². The zero-order valence-electron chi connectivity index (χ0n) is 11.7. The van der Waals surface area contributed by atoms with Gasteiger partial charge in [0.15, 0.2) is 4.77 Å². The largest absolute Gasteiger partial charge is 0.449 e. The van der Waals surface area contributed by atoms with Crippen LogP contribution in [-0.2, 0) is 6.54 Å². The molecule has 3 aromatic heterocycles. The fraction of sp³-hybridized carbons (Fsp3) is 0.0625. The van der Waals surface area contributed by atoms with Gasteiger partial charge in [-0.15, -0.1) is 0 Å². The molecule has 0 aliphatic rings. The maximum absolute atomic E-state index is 12.7. The number of nitrogens with zero attached hydrogens (tertiary/aromatic N) is 2. The average molecular weight is 344 g/mol. The van der Waals surface area contributed by atoms with Crippen molar-refractivity contribution in [2.24, 2.45) is 0 Å². The Morgan fingerprint density at radius 3 is 3.00 bits per heavy atom. The van der Waals surface area contributed by atoms with Crippen LogP contribution in [0.2, 0.25) is 5.02 Å². The van der Waals surface area contributed by atoms with Crippen LogP contribution in [0.1, 0.15) is 5.56 Å². The fourth-order valence-electron chi connectivity index (χ4n) is 2.55. The van der Waals surface area contributed by atoms with E-state index in [0.29, 0.717) is 27.4 Å². The summed E-state index contributed by atoms with van der Waals surface area (Å²) in [5, 5.41) is 1.31. The van der Waals surface area contributed by atoms with Gasteiger partial charge in [-0.2, -0.15) is 0 Å². The number of furan rings is 1. The summed E-state index contributed by atoms with van der Waals surface area (Å²) in [5.74, 6) is 0. The molecular weight excluding hydrogens is 334 g/mol. The number of aromatic amines is 1. The Labute approximate surface area is 140 Å². The van der Waals surface area contributed by atoms with Gasteiger partial charge in [-0.3, -0.25) is 14.3 Å². The molecule has 0 unspecified atom stereocenters. The zero-order valence-corrected chi connectivity index (χ0v) is 13.3. The average Bonchev–Trinajstić information content (AvgIpc) is 2.91. The number of nitrogens with one attached hydrogen (secondary N) is 1. The summed E-state index contributed by atoms with van der Waals surface area (Å²) in [5.41, 5.74) is 2.00. The lowest BCUT2D eigenvalue weighted by Gasteiger charge is -2.05. The minimum Gasteiger partial charge on any atom is -0.449 e. The summed E-state index contributed by atoms with van der Waals surface area (Å²) in [6.45, 7) is 0.329. The van der Waals surface area contributed by atoms with Crippen LogP contribution in [0.5, 0.6) is 0 Å². The molecule has 0 radical (unpaired) electrons. The molecule has 3 heterocycles. The van der Waals surface area contributed by atoms with Crippen LogP contribution in [-0.4, -0.2) is 14.5 Å². The number of hydrogen-bond acceptors (Lipinski definition) is 4. The SMILES string of the molecule is O=c1c2oc3ccc(Cl)cc3c2[nH]c(=S)n1Cc1cccnc1. The van der Waals surface area contributed by atoms with Crippen molar-refractivity contribution in [3.8, 4) is 0 Å². The van der Waals surface area contributed by atoms with Gasteiger partial charge in [0.2, 0.25) is 5.58 Å². The number of aromatic nitrogens is 3. The molecule has 7 heteroatoms. The number of rotatable bonds is 2. The maximum Gasteiger partial charge on any atom is 0.298 e. The van der Waals surface area contributed by atoms with E-state index >= 15 is 0 Å². The molecule has 0 fully saturated rings. The van der Waals surface area contributed by atoms with Gasteiger partial charge in [0.05, 0.1) is 6.54 Å². The minimum absolute atomic E-state index is 0.236. The molecule has 0 saturated heterocycles. The minimum atomic E-state index is -0.278. The van der Waals surface area contributed by atoms with Gasteiger partial charge in [-0.1, -0.05) is 17.7 Å². The van der Waals surface area contributed by atoms with E-state index in [4.69, 9.17) is 28.2 Å². The summed E-state index contributed by atoms with van der Waals surface area (Å²) in [7, 11) is 0. The molecular formula is C16H10ClN3O2S. The smallest absolute Gasteiger partial charge is 0.298 e. The normalized spacial score (nSPS) is 11.3. The molecule has 0 saturated carbocycles. The molecule has 0 aliphatic heterocycles. The molecule has 0 spiro atoms. The van der Waals surface area contributed by atoms with Gasteiger partial charge in [0.25, 0.3) is 5.56 Å². The fourth-order valence-corrected chi connectivity index (χ4v) is 2.97. The Bertz CT molecular complexity index is 1150. The highest BCUT2D eigenvalue weighted by Gasteiger charge is 2.14. The number of H-pyrrole nitrogens is 1. The second-order valence-electron chi connectivity index (χ2n) is 5.13. The first-order valence-electron chi connectivity index (χ1n) is 6.87. The van der Waals surface area contributed by atoms with Crippen LogP contribution in [0.3, 0.4) is 0 Å². The van der Waals surface area contributed by atoms with Crippen molar-refractivity contribution in [1.82, 2.24) is 14.5 Å². The Balaban J connectivity index is 1.99. The number of hydrogen-bond donors (Lipinski definition) is 1. The molecule has 4 rings (SSSR count). The van der Waals surface area contributed by atoms with Crippen molar-refractivity contribution in [1.29, 1.82) is 0 Å². The second-order valence-corrected chi connectivity index (χ2v) is 5.95. The van der Waals surface area contributed by atoms with Crippen molar-refractivity contribution in [3.63, 3.8) is 0 Å². The summed E-state index contributed by atoms with van der Waals surface area (Å²) >= 11 is 11.4. The molecule has 23 heavy (non-hydrogen) atoms. The monoisotopic (exact) mass is 343 g/mol. The van der Waals surface area contributed by atoms with E-state index in [1.807, 2.05) is 12.1 Å². The lowest BCUT2D eigenvalue weighted by molar-refractivity contribution is 0.639. The number of pyridine rings is 1. The Morgan fingerprint density at radius 1 is 1.35 bits per heavy atom. The summed E-state index contributed by atoms with van der Waals surface area (Å²) < 4.78 is 7.47. The Morgan fingerprint density at radius 2 is 2.22 bits per heavy atom. The summed E-state index contributed by atoms with van der Waals surface area (Å²) in [6.07, 6.45) is 3.38. The predicted molar refractivity (Wildman–Crippen MR) is 91.5 cm³/mol. The van der Waals surface area contributed by atoms with Crippen LogP contribution in [0.4, 0.5) is 0 Å². The van der Waals surface area contributed by atoms with Crippen molar-refractivity contribution >= 4 is 45.9 Å². The molecule has 114 valence electrons. The van der Waals surface area contributed by atoms with E-state index in [1.165, 1.54) is 4.57 Å². The molecule has 0 atom stereocenters. The van der Waals surface area contributed by atoms with Crippen LogP contribution in [0.15, 0.2) is 51.9 Å². The Hall–Kier alpha value is -2.44. The standard InChI is InChI=1S/C16H10ClN3O2S/c17-10-3-4-12-11(6-10)13-14(22-12)15(21)20(16(23)19-13)8-9-2-1-5-18-7-9/h1-7H,8H2,(H,19,23).